The minimum absolute atomic E-state index is 0.156. The molecule has 0 radical (unpaired) electrons. The molecule has 1 aromatic carbocycles. The molecule has 0 N–H and O–H groups in total. The molecule has 1 aliphatic heterocycles. The maximum Gasteiger partial charge on any atom is 0.305 e. The van der Waals surface area contributed by atoms with Gasteiger partial charge in [-0.3, -0.25) is 19.2 Å². The van der Waals surface area contributed by atoms with Crippen LogP contribution in [0.3, 0.4) is 0 Å². The zero-order valence-corrected chi connectivity index (χ0v) is 18.9. The molecule has 2 rings (SSSR count). The van der Waals surface area contributed by atoms with E-state index >= 15 is 0 Å². The van der Waals surface area contributed by atoms with Crippen LogP contribution in [0.1, 0.15) is 27.7 Å². The average Bonchev–Trinajstić information content (AvgIpc) is 2.63. The van der Waals surface area contributed by atoms with Crippen LogP contribution in [-0.4, -0.2) is 61.2 Å². The fourth-order valence-electron chi connectivity index (χ4n) is 2.98. The molecule has 31 heavy (non-hydrogen) atoms. The van der Waals surface area contributed by atoms with Crippen molar-refractivity contribution in [3.63, 3.8) is 0 Å². The van der Waals surface area contributed by atoms with Crippen LogP contribution in [0.4, 0.5) is 0 Å². The van der Waals surface area contributed by atoms with E-state index in [1.165, 1.54) is 0 Å². The Morgan fingerprint density at radius 1 is 0.839 bits per heavy atom. The third-order valence-electron chi connectivity index (χ3n) is 3.99. The fourth-order valence-corrected chi connectivity index (χ4v) is 3.36. The summed E-state index contributed by atoms with van der Waals surface area (Å²) in [6, 6.07) is 6.97. The van der Waals surface area contributed by atoms with Crippen LogP contribution in [0.15, 0.2) is 28.7 Å². The highest BCUT2D eigenvalue weighted by molar-refractivity contribution is 9.10. The van der Waals surface area contributed by atoms with Crippen molar-refractivity contribution < 1.29 is 47.6 Å². The van der Waals surface area contributed by atoms with Crippen molar-refractivity contribution in [3.05, 3.63) is 28.7 Å². The summed E-state index contributed by atoms with van der Waals surface area (Å²) >= 11 is 3.33. The first kappa shape index (κ1) is 24.6. The van der Waals surface area contributed by atoms with Gasteiger partial charge < -0.3 is 28.4 Å². The molecule has 0 unspecified atom stereocenters. The van der Waals surface area contributed by atoms with Crippen LogP contribution in [0.5, 0.6) is 5.75 Å². The van der Waals surface area contributed by atoms with Crippen LogP contribution in [0, 0.1) is 0 Å². The molecule has 0 amide bonds. The molecule has 170 valence electrons. The van der Waals surface area contributed by atoms with Crippen molar-refractivity contribution in [1.29, 1.82) is 0 Å². The molecule has 1 aliphatic rings. The van der Waals surface area contributed by atoms with Gasteiger partial charge in [-0.1, -0.05) is 22.0 Å². The highest BCUT2D eigenvalue weighted by atomic mass is 79.9. The number of esters is 4. The number of rotatable bonds is 7. The molecule has 1 heterocycles. The Morgan fingerprint density at radius 2 is 1.39 bits per heavy atom. The van der Waals surface area contributed by atoms with Gasteiger partial charge in [-0.15, -0.1) is 0 Å². The number of carbonyl (C=O) groups excluding carboxylic acids is 4. The fraction of sp³-hybridized carbons (Fsp3) is 0.500. The Balaban J connectivity index is 2.37. The van der Waals surface area contributed by atoms with E-state index in [2.05, 4.69) is 15.9 Å². The second kappa shape index (κ2) is 11.1. The summed E-state index contributed by atoms with van der Waals surface area (Å²) in [4.78, 5) is 46.7. The second-order valence-corrected chi connectivity index (χ2v) is 7.56. The molecule has 0 aromatic heterocycles. The van der Waals surface area contributed by atoms with Crippen LogP contribution < -0.4 is 4.74 Å². The molecule has 10 nitrogen and oxygen atoms in total. The topological polar surface area (TPSA) is 124 Å². The predicted octanol–water partition coefficient (Wildman–Crippen LogP) is 1.91. The number of hydrogen-bond donors (Lipinski definition) is 0. The van der Waals surface area contributed by atoms with Crippen molar-refractivity contribution in [2.24, 2.45) is 0 Å². The highest BCUT2D eigenvalue weighted by Crippen LogP contribution is 2.30. The van der Waals surface area contributed by atoms with Crippen LogP contribution in [0.25, 0.3) is 0 Å². The summed E-state index contributed by atoms with van der Waals surface area (Å²) in [5.41, 5.74) is 0. The lowest BCUT2D eigenvalue weighted by atomic mass is 9.98. The number of hydrogen-bond acceptors (Lipinski definition) is 10. The van der Waals surface area contributed by atoms with E-state index in [1.807, 2.05) is 6.07 Å². The van der Waals surface area contributed by atoms with Crippen molar-refractivity contribution in [1.82, 2.24) is 0 Å². The predicted molar refractivity (Wildman–Crippen MR) is 107 cm³/mol. The second-order valence-electron chi connectivity index (χ2n) is 6.64. The smallest absolute Gasteiger partial charge is 0.305 e. The minimum atomic E-state index is -1.42. The van der Waals surface area contributed by atoms with E-state index in [0.29, 0.717) is 5.75 Å². The number of carbonyl (C=O) groups is 4. The van der Waals surface area contributed by atoms with Gasteiger partial charge in [-0.2, -0.15) is 0 Å². The van der Waals surface area contributed by atoms with Crippen molar-refractivity contribution in [2.75, 3.05) is 6.61 Å². The molecule has 0 aliphatic carbocycles. The lowest BCUT2D eigenvalue weighted by molar-refractivity contribution is -0.298. The van der Waals surface area contributed by atoms with E-state index in [-0.39, 0.29) is 6.61 Å². The molecule has 0 bridgehead atoms. The first-order chi connectivity index (χ1) is 14.6. The van der Waals surface area contributed by atoms with E-state index in [0.717, 1.165) is 32.2 Å². The van der Waals surface area contributed by atoms with E-state index < -0.39 is 54.6 Å². The van der Waals surface area contributed by atoms with E-state index in [9.17, 15) is 19.2 Å². The van der Waals surface area contributed by atoms with Gasteiger partial charge in [-0.25, -0.2) is 0 Å². The average molecular weight is 503 g/mol. The van der Waals surface area contributed by atoms with Gasteiger partial charge in [-0.05, 0) is 18.2 Å². The zero-order chi connectivity index (χ0) is 23.1. The van der Waals surface area contributed by atoms with Gasteiger partial charge in [0.05, 0.1) is 0 Å². The van der Waals surface area contributed by atoms with Gasteiger partial charge >= 0.3 is 23.9 Å². The Hall–Kier alpha value is -2.66. The van der Waals surface area contributed by atoms with Gasteiger partial charge in [0.2, 0.25) is 12.4 Å². The number of ether oxygens (including phenoxy) is 6. The summed E-state index contributed by atoms with van der Waals surface area (Å²) in [6.45, 7) is 4.41. The van der Waals surface area contributed by atoms with E-state index in [1.54, 1.807) is 18.2 Å². The summed E-state index contributed by atoms with van der Waals surface area (Å²) in [5, 5.41) is 0. The molecule has 11 heteroatoms. The molecule has 0 spiro atoms. The normalized spacial score (nSPS) is 25.1. The van der Waals surface area contributed by atoms with Crippen molar-refractivity contribution in [3.8, 4) is 5.75 Å². The Labute approximate surface area is 187 Å². The monoisotopic (exact) mass is 502 g/mol. The lowest BCUT2D eigenvalue weighted by Crippen LogP contribution is -2.63. The van der Waals surface area contributed by atoms with Crippen LogP contribution in [-0.2, 0) is 42.9 Å². The van der Waals surface area contributed by atoms with Crippen LogP contribution >= 0.6 is 15.9 Å². The SMILES string of the molecule is CC(=O)O[C@H]1O[C@H](COc2cccc(Br)c2)[C@@H](OC(C)=O)[C@H](OC(C)=O)[C@H]1OC(C)=O. The summed E-state index contributed by atoms with van der Waals surface area (Å²) in [5.74, 6) is -2.40. The zero-order valence-electron chi connectivity index (χ0n) is 17.4. The van der Waals surface area contributed by atoms with Gasteiger partial charge in [0, 0.05) is 32.2 Å². The molecular formula is C20H23BrO10. The van der Waals surface area contributed by atoms with Gasteiger partial charge in [0.15, 0.2) is 12.2 Å². The lowest BCUT2D eigenvalue weighted by Gasteiger charge is -2.43. The molecule has 1 aromatic rings. The van der Waals surface area contributed by atoms with Crippen molar-refractivity contribution >= 4 is 39.8 Å². The minimum Gasteiger partial charge on any atom is -0.491 e. The largest absolute Gasteiger partial charge is 0.491 e. The molecule has 1 fully saturated rings. The summed E-state index contributed by atoms with van der Waals surface area (Å²) in [7, 11) is 0. The number of halogens is 1. The molecular weight excluding hydrogens is 480 g/mol. The third kappa shape index (κ3) is 7.51. The number of benzene rings is 1. The first-order valence-corrected chi connectivity index (χ1v) is 10.1. The first-order valence-electron chi connectivity index (χ1n) is 9.29. The van der Waals surface area contributed by atoms with E-state index in [4.69, 9.17) is 28.4 Å². The maximum atomic E-state index is 11.7. The standard InChI is InChI=1S/C20H23BrO10/c1-10(22)27-17-16(9-26-15-7-5-6-14(21)8-15)31-20(30-13(4)25)19(29-12(3)24)18(17)28-11(2)23/h5-8,16-20H,9H2,1-4H3/t16-,17-,18+,19-,20+/m1/s1. The maximum absolute atomic E-state index is 11.7. The third-order valence-corrected chi connectivity index (χ3v) is 4.48. The molecule has 1 saturated heterocycles. The molecule has 5 atom stereocenters. The Kier molecular flexibility index (Phi) is 8.81. The quantitative estimate of drug-likeness (QED) is 0.403. The summed E-state index contributed by atoms with van der Waals surface area (Å²) in [6.07, 6.45) is -6.32. The highest BCUT2D eigenvalue weighted by Gasteiger charge is 2.53. The Bertz CT molecular complexity index is 826. The molecule has 0 saturated carbocycles. The van der Waals surface area contributed by atoms with Gasteiger partial charge in [0.25, 0.3) is 0 Å². The Morgan fingerprint density at radius 3 is 1.94 bits per heavy atom. The summed E-state index contributed by atoms with van der Waals surface area (Å²) < 4.78 is 33.2. The van der Waals surface area contributed by atoms with Crippen LogP contribution in [0.2, 0.25) is 0 Å². The van der Waals surface area contributed by atoms with Crippen molar-refractivity contribution in [2.45, 2.75) is 58.4 Å². The van der Waals surface area contributed by atoms with Gasteiger partial charge in [0.1, 0.15) is 18.5 Å².